The summed E-state index contributed by atoms with van der Waals surface area (Å²) in [5.41, 5.74) is 0. The van der Waals surface area contributed by atoms with Crippen molar-refractivity contribution in [3.05, 3.63) is 30.3 Å². The number of hydrogen-bond donors (Lipinski definition) is 0. The number of carbonyl (C=O) groups excluding carboxylic acids is 1. The van der Waals surface area contributed by atoms with Crippen LogP contribution in [0.3, 0.4) is 0 Å². The Balaban J connectivity index is 1.99. The number of nitrogens with zero attached hydrogens (tertiary/aromatic N) is 2. The topological polar surface area (TPSA) is 57.7 Å². The van der Waals surface area contributed by atoms with Crippen molar-refractivity contribution in [3.8, 4) is 0 Å². The first-order valence-electron chi connectivity index (χ1n) is 7.80. The smallest absolute Gasteiger partial charge is 0.243 e. The third-order valence-corrected chi connectivity index (χ3v) is 5.99. The van der Waals surface area contributed by atoms with Gasteiger partial charge in [0, 0.05) is 32.1 Å². The van der Waals surface area contributed by atoms with Gasteiger partial charge in [-0.25, -0.2) is 8.42 Å². The molecule has 1 aliphatic rings. The first-order valence-corrected chi connectivity index (χ1v) is 9.24. The average Bonchev–Trinajstić information content (AvgIpc) is 2.55. The van der Waals surface area contributed by atoms with Crippen molar-refractivity contribution in [2.75, 3.05) is 26.2 Å². The number of carbonyl (C=O) groups is 1. The van der Waals surface area contributed by atoms with Crippen LogP contribution < -0.4 is 0 Å². The number of rotatable bonds is 5. The van der Waals surface area contributed by atoms with E-state index in [9.17, 15) is 13.2 Å². The summed E-state index contributed by atoms with van der Waals surface area (Å²) in [5, 5.41) is 0. The van der Waals surface area contributed by atoms with Crippen molar-refractivity contribution in [3.63, 3.8) is 0 Å². The van der Waals surface area contributed by atoms with Gasteiger partial charge in [-0.3, -0.25) is 4.79 Å². The minimum Gasteiger partial charge on any atom is -0.340 e. The maximum atomic E-state index is 12.5. The molecular formula is C16H24N2O3S. The van der Waals surface area contributed by atoms with E-state index in [4.69, 9.17) is 0 Å². The van der Waals surface area contributed by atoms with Gasteiger partial charge in [0.2, 0.25) is 15.9 Å². The largest absolute Gasteiger partial charge is 0.340 e. The van der Waals surface area contributed by atoms with Gasteiger partial charge in [0.25, 0.3) is 0 Å². The van der Waals surface area contributed by atoms with E-state index in [1.54, 1.807) is 35.2 Å². The second kappa shape index (κ2) is 7.24. The van der Waals surface area contributed by atoms with Crippen molar-refractivity contribution >= 4 is 15.9 Å². The molecule has 0 bridgehead atoms. The molecule has 0 spiro atoms. The summed E-state index contributed by atoms with van der Waals surface area (Å²) in [7, 11) is -3.45. The molecule has 0 aliphatic carbocycles. The van der Waals surface area contributed by atoms with Gasteiger partial charge in [-0.05, 0) is 18.6 Å². The highest BCUT2D eigenvalue weighted by Crippen LogP contribution is 2.18. The third kappa shape index (κ3) is 3.67. The highest BCUT2D eigenvalue weighted by molar-refractivity contribution is 7.89. The fourth-order valence-electron chi connectivity index (χ4n) is 2.76. The van der Waals surface area contributed by atoms with Crippen molar-refractivity contribution in [2.24, 2.45) is 5.92 Å². The molecule has 1 aliphatic heterocycles. The predicted molar refractivity (Wildman–Crippen MR) is 85.9 cm³/mol. The van der Waals surface area contributed by atoms with Crippen LogP contribution in [0.5, 0.6) is 0 Å². The zero-order valence-corrected chi connectivity index (χ0v) is 14.1. The summed E-state index contributed by atoms with van der Waals surface area (Å²) in [6, 6.07) is 8.45. The summed E-state index contributed by atoms with van der Waals surface area (Å²) in [4.78, 5) is 14.4. The van der Waals surface area contributed by atoms with Crippen molar-refractivity contribution in [1.29, 1.82) is 0 Å². The van der Waals surface area contributed by atoms with E-state index in [0.717, 1.165) is 12.8 Å². The average molecular weight is 324 g/mol. The van der Waals surface area contributed by atoms with E-state index in [1.807, 2.05) is 6.92 Å². The van der Waals surface area contributed by atoms with Crippen LogP contribution in [-0.4, -0.2) is 49.7 Å². The Morgan fingerprint density at radius 3 is 2.27 bits per heavy atom. The molecule has 1 fully saturated rings. The normalized spacial score (nSPS) is 18.2. The van der Waals surface area contributed by atoms with Gasteiger partial charge >= 0.3 is 0 Å². The van der Waals surface area contributed by atoms with Gasteiger partial charge in [0.1, 0.15) is 0 Å². The molecule has 0 saturated carbocycles. The number of benzene rings is 1. The van der Waals surface area contributed by atoms with E-state index < -0.39 is 10.0 Å². The van der Waals surface area contributed by atoms with Gasteiger partial charge in [-0.15, -0.1) is 0 Å². The molecule has 0 radical (unpaired) electrons. The summed E-state index contributed by atoms with van der Waals surface area (Å²) < 4.78 is 26.5. The van der Waals surface area contributed by atoms with Gasteiger partial charge in [-0.2, -0.15) is 4.31 Å². The molecule has 1 heterocycles. The molecule has 1 saturated heterocycles. The van der Waals surface area contributed by atoms with E-state index in [-0.39, 0.29) is 11.8 Å². The molecule has 6 heteroatoms. The van der Waals surface area contributed by atoms with Crippen molar-refractivity contribution in [1.82, 2.24) is 9.21 Å². The van der Waals surface area contributed by atoms with Crippen LogP contribution in [0.1, 0.15) is 26.7 Å². The number of piperazine rings is 1. The molecule has 0 N–H and O–H groups in total. The quantitative estimate of drug-likeness (QED) is 0.832. The SMILES string of the molecule is CCCC(C)C(=O)N1CCN(S(=O)(=O)c2ccccc2)CC1. The lowest BCUT2D eigenvalue weighted by atomic mass is 10.0. The van der Waals surface area contributed by atoms with E-state index in [0.29, 0.717) is 31.1 Å². The lowest BCUT2D eigenvalue weighted by Gasteiger charge is -2.35. The summed E-state index contributed by atoms with van der Waals surface area (Å²) in [5.74, 6) is 0.154. The number of sulfonamides is 1. The van der Waals surface area contributed by atoms with Crippen LogP contribution in [0, 0.1) is 5.92 Å². The molecular weight excluding hydrogens is 300 g/mol. The Morgan fingerprint density at radius 1 is 1.14 bits per heavy atom. The number of amides is 1. The summed E-state index contributed by atoms with van der Waals surface area (Å²) in [6.07, 6.45) is 1.86. The van der Waals surface area contributed by atoms with Crippen LogP contribution in [0.25, 0.3) is 0 Å². The predicted octanol–water partition coefficient (Wildman–Crippen LogP) is 1.96. The van der Waals surface area contributed by atoms with Gasteiger partial charge in [-0.1, -0.05) is 38.5 Å². The second-order valence-electron chi connectivity index (χ2n) is 5.73. The van der Waals surface area contributed by atoms with E-state index in [1.165, 1.54) is 4.31 Å². The van der Waals surface area contributed by atoms with E-state index >= 15 is 0 Å². The summed E-state index contributed by atoms with van der Waals surface area (Å²) in [6.45, 7) is 5.68. The van der Waals surface area contributed by atoms with Gasteiger partial charge < -0.3 is 4.90 Å². The molecule has 1 unspecified atom stereocenters. The lowest BCUT2D eigenvalue weighted by Crippen LogP contribution is -2.51. The first kappa shape index (κ1) is 17.0. The zero-order chi connectivity index (χ0) is 16.2. The van der Waals surface area contributed by atoms with Crippen LogP contribution >= 0.6 is 0 Å². The van der Waals surface area contributed by atoms with Crippen LogP contribution in [0.2, 0.25) is 0 Å². The highest BCUT2D eigenvalue weighted by Gasteiger charge is 2.31. The maximum absolute atomic E-state index is 12.5. The van der Waals surface area contributed by atoms with Crippen molar-refractivity contribution < 1.29 is 13.2 Å². The van der Waals surface area contributed by atoms with Crippen LogP contribution in [0.4, 0.5) is 0 Å². The van der Waals surface area contributed by atoms with Gasteiger partial charge in [0.15, 0.2) is 0 Å². The number of hydrogen-bond acceptors (Lipinski definition) is 3. The fraction of sp³-hybridized carbons (Fsp3) is 0.562. The Morgan fingerprint density at radius 2 is 1.73 bits per heavy atom. The molecule has 122 valence electrons. The Hall–Kier alpha value is -1.40. The maximum Gasteiger partial charge on any atom is 0.243 e. The molecule has 22 heavy (non-hydrogen) atoms. The standard InChI is InChI=1S/C16H24N2O3S/c1-3-7-14(2)16(19)17-10-12-18(13-11-17)22(20,21)15-8-5-4-6-9-15/h4-6,8-9,14H,3,7,10-13H2,1-2H3. The molecule has 0 aromatic heterocycles. The first-order chi connectivity index (χ1) is 10.5. The molecule has 1 aromatic carbocycles. The van der Waals surface area contributed by atoms with Gasteiger partial charge in [0.05, 0.1) is 4.90 Å². The molecule has 5 nitrogen and oxygen atoms in total. The monoisotopic (exact) mass is 324 g/mol. The minimum absolute atomic E-state index is 0.0160. The van der Waals surface area contributed by atoms with E-state index in [2.05, 4.69) is 6.92 Å². The Kier molecular flexibility index (Phi) is 5.58. The fourth-order valence-corrected chi connectivity index (χ4v) is 4.20. The zero-order valence-electron chi connectivity index (χ0n) is 13.2. The Labute approximate surface area is 133 Å². The minimum atomic E-state index is -3.45. The van der Waals surface area contributed by atoms with Crippen LogP contribution in [0.15, 0.2) is 35.2 Å². The Bertz CT molecular complexity index is 593. The molecule has 1 atom stereocenters. The summed E-state index contributed by atoms with van der Waals surface area (Å²) >= 11 is 0. The highest BCUT2D eigenvalue weighted by atomic mass is 32.2. The molecule has 1 amide bonds. The second-order valence-corrected chi connectivity index (χ2v) is 7.67. The van der Waals surface area contributed by atoms with Crippen molar-refractivity contribution in [2.45, 2.75) is 31.6 Å². The van der Waals surface area contributed by atoms with Crippen LogP contribution in [-0.2, 0) is 14.8 Å². The third-order valence-electron chi connectivity index (χ3n) is 4.07. The molecule has 2 rings (SSSR count). The lowest BCUT2D eigenvalue weighted by molar-refractivity contribution is -0.136. The molecule has 1 aromatic rings.